The molecule has 0 spiro atoms. The minimum Gasteiger partial charge on any atom is -0.309 e. The van der Waals surface area contributed by atoms with Crippen molar-refractivity contribution in [2.24, 2.45) is 0 Å². The van der Waals surface area contributed by atoms with Crippen LogP contribution in [0.15, 0.2) is 47.4 Å². The Morgan fingerprint density at radius 1 is 1.19 bits per heavy atom. The van der Waals surface area contributed by atoms with Gasteiger partial charge in [-0.1, -0.05) is 12.0 Å². The fourth-order valence-electron chi connectivity index (χ4n) is 3.08. The first-order chi connectivity index (χ1) is 12.8. The predicted molar refractivity (Wildman–Crippen MR) is 102 cm³/mol. The molecule has 0 saturated heterocycles. The maximum atomic E-state index is 13.0. The highest BCUT2D eigenvalue weighted by Gasteiger charge is 2.40. The summed E-state index contributed by atoms with van der Waals surface area (Å²) in [7, 11) is -3.92. The van der Waals surface area contributed by atoms with Crippen LogP contribution >= 0.6 is 0 Å². The van der Waals surface area contributed by atoms with E-state index in [9.17, 15) is 18.0 Å². The Kier molecular flexibility index (Phi) is 4.77. The number of hydrogen-bond acceptors (Lipinski definition) is 4. The van der Waals surface area contributed by atoms with E-state index in [1.165, 1.54) is 23.1 Å². The highest BCUT2D eigenvalue weighted by Crippen LogP contribution is 2.31. The second-order valence-electron chi connectivity index (χ2n) is 5.93. The third-order valence-electron chi connectivity index (χ3n) is 4.43. The molecule has 27 heavy (non-hydrogen) atoms. The first-order valence-electron chi connectivity index (χ1n) is 8.44. The zero-order valence-corrected chi connectivity index (χ0v) is 15.8. The first kappa shape index (κ1) is 18.7. The van der Waals surface area contributed by atoms with Crippen molar-refractivity contribution >= 4 is 27.5 Å². The topological polar surface area (TPSA) is 74.8 Å². The molecule has 7 heteroatoms. The lowest BCUT2D eigenvalue weighted by atomic mass is 10.1. The molecule has 0 aliphatic carbocycles. The van der Waals surface area contributed by atoms with Gasteiger partial charge in [-0.2, -0.15) is 0 Å². The van der Waals surface area contributed by atoms with Gasteiger partial charge in [0.25, 0.3) is 21.8 Å². The smallest absolute Gasteiger partial charge is 0.268 e. The molecule has 0 atom stereocenters. The van der Waals surface area contributed by atoms with Gasteiger partial charge in [0, 0.05) is 29.9 Å². The second kappa shape index (κ2) is 6.89. The molecule has 0 unspecified atom stereocenters. The molecule has 1 aliphatic rings. The summed E-state index contributed by atoms with van der Waals surface area (Å²) in [5.41, 5.74) is 1.54. The lowest BCUT2D eigenvalue weighted by Crippen LogP contribution is -2.31. The van der Waals surface area contributed by atoms with Crippen molar-refractivity contribution in [2.45, 2.75) is 18.7 Å². The van der Waals surface area contributed by atoms with Gasteiger partial charge in [-0.25, -0.2) is 12.7 Å². The third-order valence-corrected chi connectivity index (χ3v) is 6.32. The Bertz CT molecular complexity index is 1080. The van der Waals surface area contributed by atoms with E-state index in [0.29, 0.717) is 17.8 Å². The van der Waals surface area contributed by atoms with Gasteiger partial charge in [0.15, 0.2) is 0 Å². The molecule has 1 heterocycles. The van der Waals surface area contributed by atoms with Gasteiger partial charge in [0.1, 0.15) is 4.90 Å². The van der Waals surface area contributed by atoms with Crippen molar-refractivity contribution in [2.75, 3.05) is 18.0 Å². The summed E-state index contributed by atoms with van der Waals surface area (Å²) in [5, 5.41) is 0. The van der Waals surface area contributed by atoms with Crippen LogP contribution in [-0.4, -0.2) is 37.6 Å². The molecule has 0 aromatic heterocycles. The van der Waals surface area contributed by atoms with E-state index in [1.807, 2.05) is 6.92 Å². The summed E-state index contributed by atoms with van der Waals surface area (Å²) in [6.45, 7) is 3.81. The van der Waals surface area contributed by atoms with Crippen molar-refractivity contribution in [3.63, 3.8) is 0 Å². The molecule has 6 nitrogen and oxygen atoms in total. The number of hydrogen-bond donors (Lipinski definition) is 0. The number of amides is 2. The minimum absolute atomic E-state index is 0.0408. The average Bonchev–Trinajstić information content (AvgIpc) is 2.87. The number of carbonyl (C=O) groups excluding carboxylic acids is 2. The maximum Gasteiger partial charge on any atom is 0.268 e. The Balaban J connectivity index is 2.04. The number of sulfonamides is 1. The van der Waals surface area contributed by atoms with Crippen molar-refractivity contribution < 1.29 is 18.0 Å². The van der Waals surface area contributed by atoms with E-state index in [4.69, 9.17) is 6.42 Å². The number of nitrogens with zero attached hydrogens (tertiary/aromatic N) is 2. The predicted octanol–water partition coefficient (Wildman–Crippen LogP) is 2.50. The summed E-state index contributed by atoms with van der Waals surface area (Å²) < 4.78 is 25.9. The van der Waals surface area contributed by atoms with Crippen LogP contribution in [0.5, 0.6) is 0 Å². The Hall–Kier alpha value is -3.11. The average molecular weight is 382 g/mol. The third kappa shape index (κ3) is 2.98. The number of rotatable bonds is 4. The summed E-state index contributed by atoms with van der Waals surface area (Å²) in [4.78, 5) is 26.6. The molecule has 0 N–H and O–H groups in total. The van der Waals surface area contributed by atoms with Gasteiger partial charge in [0.2, 0.25) is 0 Å². The molecular formula is C20H18N2O4S. The Labute approximate surface area is 158 Å². The van der Waals surface area contributed by atoms with Gasteiger partial charge >= 0.3 is 0 Å². The van der Waals surface area contributed by atoms with E-state index in [-0.39, 0.29) is 28.5 Å². The molecule has 0 fully saturated rings. The van der Waals surface area contributed by atoms with Crippen LogP contribution in [-0.2, 0) is 10.0 Å². The molecular weight excluding hydrogens is 364 g/mol. The maximum absolute atomic E-state index is 13.0. The quantitative estimate of drug-likeness (QED) is 0.762. The molecule has 0 radical (unpaired) electrons. The number of carbonyl (C=O) groups is 2. The van der Waals surface area contributed by atoms with Gasteiger partial charge in [-0.05, 0) is 50.2 Å². The first-order valence-corrected chi connectivity index (χ1v) is 9.88. The molecule has 2 aromatic carbocycles. The zero-order chi connectivity index (χ0) is 19.8. The molecule has 2 amide bonds. The monoisotopic (exact) mass is 382 g/mol. The lowest BCUT2D eigenvalue weighted by molar-refractivity contribution is 0.0874. The minimum atomic E-state index is -3.92. The van der Waals surface area contributed by atoms with Crippen molar-refractivity contribution in [3.05, 3.63) is 59.2 Å². The second-order valence-corrected chi connectivity index (χ2v) is 7.76. The number of fused-ring (bicyclic) bond motifs is 1. The molecule has 0 saturated carbocycles. The van der Waals surface area contributed by atoms with Crippen LogP contribution in [0.2, 0.25) is 0 Å². The van der Waals surface area contributed by atoms with Crippen LogP contribution in [0.25, 0.3) is 0 Å². The summed E-state index contributed by atoms with van der Waals surface area (Å²) >= 11 is 0. The number of anilines is 1. The van der Waals surface area contributed by atoms with E-state index < -0.39 is 15.9 Å². The molecule has 1 aliphatic heterocycles. The van der Waals surface area contributed by atoms with E-state index in [1.54, 1.807) is 31.2 Å². The highest BCUT2D eigenvalue weighted by molar-refractivity contribution is 7.90. The van der Waals surface area contributed by atoms with Gasteiger partial charge in [-0.3, -0.25) is 9.59 Å². The summed E-state index contributed by atoms with van der Waals surface area (Å²) in [6.07, 6.45) is 5.42. The van der Waals surface area contributed by atoms with Gasteiger partial charge < -0.3 is 4.90 Å². The van der Waals surface area contributed by atoms with Crippen molar-refractivity contribution in [1.29, 1.82) is 0 Å². The molecule has 0 bridgehead atoms. The normalized spacial score (nSPS) is 14.6. The van der Waals surface area contributed by atoms with Gasteiger partial charge in [0.05, 0.1) is 5.56 Å². The standard InChI is InChI=1S/C20H18N2O4S/c1-4-14-8-7-9-16(12-14)21(5-2)19(23)15-10-11-17-18(13-15)27(25,26)22(6-3)20(17)24/h1,7-13H,5-6H2,2-3H3. The van der Waals surface area contributed by atoms with Crippen LogP contribution in [0, 0.1) is 12.3 Å². The largest absolute Gasteiger partial charge is 0.309 e. The van der Waals surface area contributed by atoms with Crippen LogP contribution in [0.4, 0.5) is 5.69 Å². The van der Waals surface area contributed by atoms with E-state index >= 15 is 0 Å². The van der Waals surface area contributed by atoms with Crippen LogP contribution < -0.4 is 4.90 Å². The number of benzene rings is 2. The highest BCUT2D eigenvalue weighted by atomic mass is 32.2. The summed E-state index contributed by atoms with van der Waals surface area (Å²) in [6, 6.07) is 11.1. The molecule has 138 valence electrons. The number of terminal acetylenes is 1. The Morgan fingerprint density at radius 3 is 2.56 bits per heavy atom. The zero-order valence-electron chi connectivity index (χ0n) is 15.0. The van der Waals surface area contributed by atoms with Crippen LogP contribution in [0.1, 0.15) is 40.1 Å². The SMILES string of the molecule is C#Cc1cccc(N(CC)C(=O)c2ccc3c(c2)S(=O)(=O)N(CC)C3=O)c1. The van der Waals surface area contributed by atoms with Crippen molar-refractivity contribution in [3.8, 4) is 12.3 Å². The van der Waals surface area contributed by atoms with Gasteiger partial charge in [-0.15, -0.1) is 6.42 Å². The van der Waals surface area contributed by atoms with Crippen LogP contribution in [0.3, 0.4) is 0 Å². The molecule has 2 aromatic rings. The van der Waals surface area contributed by atoms with E-state index in [0.717, 1.165) is 4.31 Å². The Morgan fingerprint density at radius 2 is 1.93 bits per heavy atom. The summed E-state index contributed by atoms with van der Waals surface area (Å²) in [5.74, 6) is 1.59. The lowest BCUT2D eigenvalue weighted by Gasteiger charge is -2.21. The fourth-order valence-corrected chi connectivity index (χ4v) is 4.69. The molecule has 3 rings (SSSR count). The fraction of sp³-hybridized carbons (Fsp3) is 0.200. The van der Waals surface area contributed by atoms with E-state index in [2.05, 4.69) is 5.92 Å². The van der Waals surface area contributed by atoms with Crippen molar-refractivity contribution in [1.82, 2.24) is 4.31 Å².